The molecule has 6 rings (SSSR count). The third kappa shape index (κ3) is 4.08. The molecule has 0 radical (unpaired) electrons. The second-order valence-electron chi connectivity index (χ2n) is 14.1. The van der Waals surface area contributed by atoms with Crippen LogP contribution in [0.4, 0.5) is 0 Å². The summed E-state index contributed by atoms with van der Waals surface area (Å²) in [6.45, 7) is 4.64. The van der Waals surface area contributed by atoms with Crippen molar-refractivity contribution in [1.29, 1.82) is 0 Å². The molecule has 0 bridgehead atoms. The van der Waals surface area contributed by atoms with Crippen molar-refractivity contribution in [2.24, 2.45) is 40.2 Å². The molecule has 226 valence electrons. The zero-order chi connectivity index (χ0) is 28.6. The molecule has 6 N–H and O–H groups in total. The summed E-state index contributed by atoms with van der Waals surface area (Å²) in [6, 6.07) is -0.948. The molecule has 4 aliphatic carbocycles. The van der Waals surface area contributed by atoms with Crippen molar-refractivity contribution in [3.63, 3.8) is 0 Å². The second kappa shape index (κ2) is 10.3. The summed E-state index contributed by atoms with van der Waals surface area (Å²) in [4.78, 5) is 17.6. The summed E-state index contributed by atoms with van der Waals surface area (Å²) in [7, 11) is 1.57. The highest BCUT2D eigenvalue weighted by Crippen LogP contribution is 2.70. The lowest BCUT2D eigenvalue weighted by Gasteiger charge is -2.64. The van der Waals surface area contributed by atoms with Crippen LogP contribution in [-0.4, -0.2) is 94.0 Å². The Balaban J connectivity index is 1.19. The number of carbonyl (C=O) groups excluding carboxylic acids is 1. The van der Waals surface area contributed by atoms with Crippen LogP contribution >= 0.6 is 0 Å². The number of carbonyl (C=O) groups is 1. The molecule has 6 aliphatic rings. The highest BCUT2D eigenvalue weighted by molar-refractivity contribution is 5.85. The van der Waals surface area contributed by atoms with Crippen LogP contribution in [0, 0.1) is 34.5 Å². The molecule has 0 aromatic rings. The molecule has 13 atom stereocenters. The normalized spacial score (nSPS) is 52.5. The van der Waals surface area contributed by atoms with Gasteiger partial charge in [-0.1, -0.05) is 13.8 Å². The molecule has 0 aromatic heterocycles. The summed E-state index contributed by atoms with van der Waals surface area (Å²) >= 11 is 0. The van der Waals surface area contributed by atoms with Gasteiger partial charge in [-0.05, 0) is 92.4 Å². The van der Waals surface area contributed by atoms with Crippen LogP contribution in [-0.2, 0) is 19.1 Å². The van der Waals surface area contributed by atoms with Crippen LogP contribution in [0.3, 0.4) is 0 Å². The first kappa shape index (κ1) is 29.0. The zero-order valence-electron chi connectivity index (χ0n) is 24.1. The fourth-order valence-electron chi connectivity index (χ4n) is 10.4. The maximum Gasteiger partial charge on any atom is 0.331 e. The second-order valence-corrected chi connectivity index (χ2v) is 14.1. The Morgan fingerprint density at radius 1 is 1.07 bits per heavy atom. The number of fused-ring (bicyclic) bond motifs is 5. The van der Waals surface area contributed by atoms with Gasteiger partial charge in [-0.3, -0.25) is 4.84 Å². The maximum absolute atomic E-state index is 12.5. The van der Waals surface area contributed by atoms with Crippen LogP contribution in [0.15, 0.2) is 11.6 Å². The van der Waals surface area contributed by atoms with E-state index in [1.54, 1.807) is 18.2 Å². The van der Waals surface area contributed by atoms with Gasteiger partial charge in [0.1, 0.15) is 24.9 Å². The zero-order valence-corrected chi connectivity index (χ0v) is 24.1. The van der Waals surface area contributed by atoms with Crippen molar-refractivity contribution in [3.8, 4) is 0 Å². The molecule has 5 fully saturated rings. The number of nitrogens with two attached hydrogens (primary N) is 1. The Morgan fingerprint density at radius 2 is 1.85 bits per heavy atom. The Labute approximate surface area is 236 Å². The van der Waals surface area contributed by atoms with E-state index >= 15 is 0 Å². The third-order valence-corrected chi connectivity index (χ3v) is 12.7. The first-order valence-corrected chi connectivity index (χ1v) is 15.3. The van der Waals surface area contributed by atoms with Gasteiger partial charge < -0.3 is 35.6 Å². The molecule has 0 amide bonds. The number of hydrogen-bond acceptors (Lipinski definition) is 10. The number of cyclic esters (lactones) is 1. The van der Waals surface area contributed by atoms with Gasteiger partial charge in [0, 0.05) is 17.5 Å². The Hall–Kier alpha value is -1.11. The van der Waals surface area contributed by atoms with Crippen molar-refractivity contribution in [1.82, 2.24) is 5.06 Å². The highest BCUT2D eigenvalue weighted by atomic mass is 16.7. The minimum atomic E-state index is -1.16. The van der Waals surface area contributed by atoms with Gasteiger partial charge in [-0.25, -0.2) is 4.79 Å². The summed E-state index contributed by atoms with van der Waals surface area (Å²) in [5, 5.41) is 45.1. The number of aliphatic hydroxyl groups excluding tert-OH is 3. The average molecular weight is 565 g/mol. The Kier molecular flexibility index (Phi) is 7.43. The van der Waals surface area contributed by atoms with E-state index in [1.807, 2.05) is 0 Å². The van der Waals surface area contributed by atoms with E-state index in [2.05, 4.69) is 13.8 Å². The van der Waals surface area contributed by atoms with E-state index in [4.69, 9.17) is 20.0 Å². The summed E-state index contributed by atoms with van der Waals surface area (Å²) in [5.41, 5.74) is 6.26. The Morgan fingerprint density at radius 3 is 2.52 bits per heavy atom. The van der Waals surface area contributed by atoms with Crippen LogP contribution in [0.5, 0.6) is 0 Å². The first-order chi connectivity index (χ1) is 19.0. The fourth-order valence-corrected chi connectivity index (χ4v) is 10.4. The lowest BCUT2D eigenvalue weighted by atomic mass is 9.43. The molecule has 10 nitrogen and oxygen atoms in total. The number of esters is 1. The van der Waals surface area contributed by atoms with Crippen LogP contribution in [0.25, 0.3) is 0 Å². The largest absolute Gasteiger partial charge is 0.458 e. The van der Waals surface area contributed by atoms with Gasteiger partial charge in [0.05, 0.1) is 25.4 Å². The van der Waals surface area contributed by atoms with Crippen molar-refractivity contribution in [2.45, 2.75) is 114 Å². The monoisotopic (exact) mass is 564 g/mol. The van der Waals surface area contributed by atoms with Gasteiger partial charge in [-0.2, -0.15) is 5.06 Å². The molecule has 0 spiro atoms. The molecular weight excluding hydrogens is 516 g/mol. The minimum absolute atomic E-state index is 0.000653. The van der Waals surface area contributed by atoms with Gasteiger partial charge in [0.15, 0.2) is 6.23 Å². The topological polar surface area (TPSA) is 155 Å². The molecule has 10 heteroatoms. The van der Waals surface area contributed by atoms with Gasteiger partial charge in [0.25, 0.3) is 0 Å². The summed E-state index contributed by atoms with van der Waals surface area (Å²) in [6.07, 6.45) is 5.99. The molecule has 0 aromatic carbocycles. The quantitative estimate of drug-likeness (QED) is 0.243. The molecule has 40 heavy (non-hydrogen) atoms. The number of nitrogens with zero attached hydrogens (tertiary/aromatic N) is 1. The first-order valence-electron chi connectivity index (χ1n) is 15.3. The lowest BCUT2D eigenvalue weighted by molar-refractivity contribution is -0.331. The Bertz CT molecular complexity index is 1020. The molecule has 2 heterocycles. The molecule has 0 unspecified atom stereocenters. The van der Waals surface area contributed by atoms with Gasteiger partial charge >= 0.3 is 5.97 Å². The molecule has 2 aliphatic heterocycles. The van der Waals surface area contributed by atoms with Crippen molar-refractivity contribution < 1.29 is 39.5 Å². The maximum atomic E-state index is 12.5. The highest BCUT2D eigenvalue weighted by Gasteiger charge is 2.68. The smallest absolute Gasteiger partial charge is 0.331 e. The average Bonchev–Trinajstić information content (AvgIpc) is 3.48. The van der Waals surface area contributed by atoms with Crippen LogP contribution in [0.2, 0.25) is 0 Å². The predicted octanol–water partition coefficient (Wildman–Crippen LogP) is 1.24. The van der Waals surface area contributed by atoms with E-state index in [9.17, 15) is 25.2 Å². The summed E-state index contributed by atoms with van der Waals surface area (Å²) in [5.74, 6) is 1.03. The van der Waals surface area contributed by atoms with Crippen molar-refractivity contribution in [3.05, 3.63) is 11.6 Å². The lowest BCUT2D eigenvalue weighted by Crippen LogP contribution is -2.67. The predicted molar refractivity (Wildman–Crippen MR) is 144 cm³/mol. The summed E-state index contributed by atoms with van der Waals surface area (Å²) < 4.78 is 11.2. The van der Waals surface area contributed by atoms with Crippen LogP contribution in [0.1, 0.15) is 71.6 Å². The van der Waals surface area contributed by atoms with Gasteiger partial charge in [-0.15, -0.1) is 0 Å². The van der Waals surface area contributed by atoms with E-state index in [0.29, 0.717) is 18.4 Å². The van der Waals surface area contributed by atoms with Gasteiger partial charge in [0.2, 0.25) is 0 Å². The van der Waals surface area contributed by atoms with E-state index < -0.39 is 42.8 Å². The van der Waals surface area contributed by atoms with Crippen molar-refractivity contribution >= 4 is 5.97 Å². The third-order valence-electron chi connectivity index (χ3n) is 12.7. The number of rotatable bonds is 5. The number of aliphatic hydroxyl groups is 4. The van der Waals surface area contributed by atoms with Crippen molar-refractivity contribution in [2.75, 3.05) is 20.3 Å². The number of hydroxylamine groups is 2. The minimum Gasteiger partial charge on any atom is -0.458 e. The number of hydrogen-bond donors (Lipinski definition) is 5. The standard InChI is InChI=1S/C30H48N2O8/c1-28-9-6-18(32(38-3)27-26(36)24(31)25(35)22(14-33)40-27)13-17(28)4-5-21-20(28)7-10-29(2)19(8-11-30(21,29)37)16-12-23(34)39-15-16/h12,17-22,24-27,33,35-37H,4-11,13-15,31H2,1-3H3/t17-,18+,19-,20+,21-,22-,24+,25-,26-,27-,28+,29-,30+/m1/s1. The molecule has 4 saturated carbocycles. The SMILES string of the molecule is CON([C@H]1CC[C@@]2(C)[C@H](CC[C@@H]3[C@@H]2CC[C@]2(C)[C@@H](C4=CC(=O)OC4)CC[C@]32O)C1)[C@@H]1O[C@H](CO)[C@@H](O)[C@H](N)[C@H]1O. The molecular formula is C30H48N2O8. The van der Waals surface area contributed by atoms with Crippen LogP contribution < -0.4 is 5.73 Å². The molecule has 1 saturated heterocycles. The van der Waals surface area contributed by atoms with E-state index in [1.165, 1.54) is 0 Å². The number of ether oxygens (including phenoxy) is 2. The van der Waals surface area contributed by atoms with E-state index in [-0.39, 0.29) is 34.7 Å². The van der Waals surface area contributed by atoms with E-state index in [0.717, 1.165) is 63.4 Å². The fraction of sp³-hybridized carbons (Fsp3) is 0.900.